The first kappa shape index (κ1) is 17.8. The maximum absolute atomic E-state index is 13.6. The number of para-hydroxylation sites is 1. The van der Waals surface area contributed by atoms with Crippen LogP contribution in [-0.2, 0) is 6.42 Å². The molecule has 3 aromatic rings. The molecule has 1 aromatic heterocycles. The lowest BCUT2D eigenvalue weighted by Gasteiger charge is -2.28. The van der Waals surface area contributed by atoms with Crippen molar-refractivity contribution in [3.63, 3.8) is 0 Å². The number of nitrogens with one attached hydrogen (secondary N) is 1. The molecular weight excluding hydrogens is 361 g/mol. The average Bonchev–Trinajstić information content (AvgIpc) is 3.17. The van der Waals surface area contributed by atoms with Crippen molar-refractivity contribution in [2.24, 2.45) is 0 Å². The summed E-state index contributed by atoms with van der Waals surface area (Å²) in [6.07, 6.45) is 15.0. The minimum atomic E-state index is -0.200. The number of fused-ring (bicyclic) bond motifs is 2. The largest absolute Gasteiger partial charge is 0.374 e. The van der Waals surface area contributed by atoms with Gasteiger partial charge in [0, 0.05) is 54.2 Å². The fourth-order valence-corrected chi connectivity index (χ4v) is 4.22. The summed E-state index contributed by atoms with van der Waals surface area (Å²) in [4.78, 5) is 7.92. The molecule has 0 unspecified atom stereocenters. The number of allylic oxidation sites excluding steroid dienone is 3. The Kier molecular flexibility index (Phi) is 4.68. The van der Waals surface area contributed by atoms with Crippen LogP contribution in [-0.4, -0.2) is 29.5 Å². The van der Waals surface area contributed by atoms with E-state index in [4.69, 9.17) is 0 Å². The van der Waals surface area contributed by atoms with Crippen molar-refractivity contribution in [2.45, 2.75) is 12.8 Å². The highest BCUT2D eigenvalue weighted by atomic mass is 19.1. The second kappa shape index (κ2) is 7.63. The third kappa shape index (κ3) is 3.58. The number of aromatic amines is 1. The summed E-state index contributed by atoms with van der Waals surface area (Å²) in [7, 11) is 0. The maximum atomic E-state index is 13.6. The van der Waals surface area contributed by atoms with Gasteiger partial charge in [0.2, 0.25) is 0 Å². The van der Waals surface area contributed by atoms with E-state index in [2.05, 4.69) is 69.7 Å². The molecule has 1 N–H and O–H groups in total. The van der Waals surface area contributed by atoms with Crippen LogP contribution in [0.15, 0.2) is 79.3 Å². The van der Waals surface area contributed by atoms with Gasteiger partial charge >= 0.3 is 0 Å². The predicted octanol–water partition coefficient (Wildman–Crippen LogP) is 5.49. The van der Waals surface area contributed by atoms with Gasteiger partial charge < -0.3 is 14.8 Å². The monoisotopic (exact) mass is 385 g/mol. The zero-order valence-corrected chi connectivity index (χ0v) is 16.3. The Morgan fingerprint density at radius 3 is 2.86 bits per heavy atom. The van der Waals surface area contributed by atoms with Crippen LogP contribution in [0, 0.1) is 5.82 Å². The first-order valence-electron chi connectivity index (χ1n) is 10.2. The van der Waals surface area contributed by atoms with Gasteiger partial charge in [-0.05, 0) is 60.5 Å². The van der Waals surface area contributed by atoms with Crippen molar-refractivity contribution in [2.75, 3.05) is 24.5 Å². The fourth-order valence-electron chi connectivity index (χ4n) is 4.22. The quantitative estimate of drug-likeness (QED) is 0.628. The van der Waals surface area contributed by atoms with E-state index in [1.807, 2.05) is 6.20 Å². The Morgan fingerprint density at radius 1 is 1.03 bits per heavy atom. The lowest BCUT2D eigenvalue weighted by atomic mass is 10.0. The van der Waals surface area contributed by atoms with E-state index in [9.17, 15) is 4.39 Å². The smallest absolute Gasteiger partial charge is 0.123 e. The van der Waals surface area contributed by atoms with Gasteiger partial charge in [-0.1, -0.05) is 30.4 Å². The molecule has 0 atom stereocenters. The van der Waals surface area contributed by atoms with Crippen LogP contribution >= 0.6 is 0 Å². The summed E-state index contributed by atoms with van der Waals surface area (Å²) >= 11 is 0. The molecule has 4 heteroatoms. The Morgan fingerprint density at radius 2 is 1.97 bits per heavy atom. The number of hydrogen-bond acceptors (Lipinski definition) is 2. The molecule has 2 aliphatic heterocycles. The molecule has 5 rings (SSSR count). The van der Waals surface area contributed by atoms with Crippen LogP contribution in [0.2, 0.25) is 0 Å². The first-order valence-corrected chi connectivity index (χ1v) is 10.2. The minimum Gasteiger partial charge on any atom is -0.374 e. The summed E-state index contributed by atoms with van der Waals surface area (Å²) in [5.41, 5.74) is 5.90. The molecule has 0 bridgehead atoms. The van der Waals surface area contributed by atoms with Crippen LogP contribution < -0.4 is 4.90 Å². The van der Waals surface area contributed by atoms with Gasteiger partial charge in [-0.25, -0.2) is 4.39 Å². The van der Waals surface area contributed by atoms with Crippen LogP contribution in [0.25, 0.3) is 16.5 Å². The normalized spacial score (nSPS) is 15.7. The van der Waals surface area contributed by atoms with Crippen LogP contribution in [0.4, 0.5) is 10.1 Å². The van der Waals surface area contributed by atoms with Gasteiger partial charge in [-0.3, -0.25) is 0 Å². The molecule has 2 aromatic carbocycles. The fraction of sp³-hybridized carbons (Fsp3) is 0.200. The van der Waals surface area contributed by atoms with E-state index >= 15 is 0 Å². The molecule has 0 radical (unpaired) electrons. The number of H-pyrrole nitrogens is 1. The Balaban J connectivity index is 1.20. The SMILES string of the molecule is Fc1ccc2[nH]cc(C3=CCN(CCCN4C=CCc5ccccc54)C=C3)c2c1. The third-order valence-corrected chi connectivity index (χ3v) is 5.73. The highest BCUT2D eigenvalue weighted by Gasteiger charge is 2.14. The molecule has 2 aliphatic rings. The van der Waals surface area contributed by atoms with Crippen LogP contribution in [0.5, 0.6) is 0 Å². The molecular formula is C25H24FN3. The van der Waals surface area contributed by atoms with Gasteiger partial charge in [0.25, 0.3) is 0 Å². The molecule has 0 fully saturated rings. The molecule has 146 valence electrons. The number of nitrogens with zero attached hydrogens (tertiary/aromatic N) is 2. The van der Waals surface area contributed by atoms with Crippen LogP contribution in [0.3, 0.4) is 0 Å². The minimum absolute atomic E-state index is 0.200. The van der Waals surface area contributed by atoms with Crippen molar-refractivity contribution in [1.29, 1.82) is 0 Å². The molecule has 0 saturated heterocycles. The van der Waals surface area contributed by atoms with Gasteiger partial charge in [0.05, 0.1) is 0 Å². The number of benzene rings is 2. The number of halogens is 1. The Hall–Kier alpha value is -3.27. The summed E-state index contributed by atoms with van der Waals surface area (Å²) in [6.45, 7) is 2.89. The molecule has 0 aliphatic carbocycles. The predicted molar refractivity (Wildman–Crippen MR) is 118 cm³/mol. The highest BCUT2D eigenvalue weighted by molar-refractivity contribution is 5.95. The molecule has 29 heavy (non-hydrogen) atoms. The summed E-state index contributed by atoms with van der Waals surface area (Å²) in [5, 5.41) is 0.935. The molecule has 0 saturated carbocycles. The van der Waals surface area contributed by atoms with Crippen molar-refractivity contribution in [1.82, 2.24) is 9.88 Å². The molecule has 0 amide bonds. The number of rotatable bonds is 5. The number of hydrogen-bond donors (Lipinski definition) is 1. The van der Waals surface area contributed by atoms with Gasteiger partial charge in [-0.15, -0.1) is 0 Å². The highest BCUT2D eigenvalue weighted by Crippen LogP contribution is 2.29. The summed E-state index contributed by atoms with van der Waals surface area (Å²) in [5.74, 6) is -0.200. The van der Waals surface area contributed by atoms with Crippen molar-refractivity contribution < 1.29 is 4.39 Å². The van der Waals surface area contributed by atoms with E-state index in [1.165, 1.54) is 17.3 Å². The standard InChI is InChI=1S/C25H24FN3/c26-21-8-9-24-22(17-21)23(18-27-24)19-10-15-28(16-11-19)12-4-14-29-13-3-6-20-5-1-2-7-25(20)29/h1-3,5,7-11,13,15,17-18,27H,4,6,12,14,16H2. The summed E-state index contributed by atoms with van der Waals surface area (Å²) in [6, 6.07) is 13.5. The lowest BCUT2D eigenvalue weighted by Crippen LogP contribution is -2.27. The van der Waals surface area contributed by atoms with E-state index in [-0.39, 0.29) is 5.82 Å². The van der Waals surface area contributed by atoms with E-state index < -0.39 is 0 Å². The molecule has 3 nitrogen and oxygen atoms in total. The average molecular weight is 385 g/mol. The Bertz CT molecular complexity index is 1120. The topological polar surface area (TPSA) is 22.3 Å². The van der Waals surface area contributed by atoms with Gasteiger partial charge in [-0.2, -0.15) is 0 Å². The lowest BCUT2D eigenvalue weighted by molar-refractivity contribution is 0.406. The second-order valence-electron chi connectivity index (χ2n) is 7.63. The van der Waals surface area contributed by atoms with Crippen molar-refractivity contribution >= 4 is 22.2 Å². The third-order valence-electron chi connectivity index (χ3n) is 5.73. The second-order valence-corrected chi connectivity index (χ2v) is 7.63. The molecule has 3 heterocycles. The number of anilines is 1. The van der Waals surface area contributed by atoms with Crippen LogP contribution in [0.1, 0.15) is 17.5 Å². The van der Waals surface area contributed by atoms with Crippen molar-refractivity contribution in [3.8, 4) is 0 Å². The van der Waals surface area contributed by atoms with E-state index in [0.717, 1.165) is 54.5 Å². The first-order chi connectivity index (χ1) is 14.3. The van der Waals surface area contributed by atoms with E-state index in [0.29, 0.717) is 0 Å². The Labute approximate surface area is 170 Å². The van der Waals surface area contributed by atoms with Gasteiger partial charge in [0.15, 0.2) is 0 Å². The number of aromatic nitrogens is 1. The maximum Gasteiger partial charge on any atom is 0.123 e. The van der Waals surface area contributed by atoms with E-state index in [1.54, 1.807) is 12.1 Å². The van der Waals surface area contributed by atoms with Crippen molar-refractivity contribution in [3.05, 3.63) is 96.2 Å². The zero-order valence-electron chi connectivity index (χ0n) is 16.3. The molecule has 0 spiro atoms. The zero-order chi connectivity index (χ0) is 19.6. The summed E-state index contributed by atoms with van der Waals surface area (Å²) < 4.78 is 13.6. The van der Waals surface area contributed by atoms with Gasteiger partial charge in [0.1, 0.15) is 5.82 Å².